The van der Waals surface area contributed by atoms with Gasteiger partial charge in [-0.3, -0.25) is 0 Å². The number of benzene rings is 1. The molecule has 4 heteroatoms. The molecule has 0 amide bonds. The number of nitrogens with two attached hydrogens (primary N) is 1. The van der Waals surface area contributed by atoms with E-state index in [4.69, 9.17) is 29.6 Å². The largest absolute Gasteiger partial charge is 0.389 e. The van der Waals surface area contributed by atoms with E-state index in [2.05, 4.69) is 18.7 Å². The van der Waals surface area contributed by atoms with Gasteiger partial charge in [0.15, 0.2) is 0 Å². The fourth-order valence-electron chi connectivity index (χ4n) is 2.58. The van der Waals surface area contributed by atoms with Gasteiger partial charge < -0.3 is 10.6 Å². The minimum atomic E-state index is 0.437. The molecule has 2 rings (SSSR count). The average molecular weight is 283 g/mol. The van der Waals surface area contributed by atoms with Crippen LogP contribution in [0.3, 0.4) is 0 Å². The highest BCUT2D eigenvalue weighted by molar-refractivity contribution is 7.80. The van der Waals surface area contributed by atoms with Crippen LogP contribution in [-0.4, -0.2) is 17.6 Å². The number of rotatable bonds is 2. The first-order chi connectivity index (χ1) is 8.49. The van der Waals surface area contributed by atoms with Crippen LogP contribution in [-0.2, 0) is 0 Å². The maximum atomic E-state index is 6.11. The summed E-state index contributed by atoms with van der Waals surface area (Å²) in [4.78, 5) is 2.82. The van der Waals surface area contributed by atoms with Crippen molar-refractivity contribution in [3.63, 3.8) is 0 Å². The Bertz CT molecular complexity index is 461. The van der Waals surface area contributed by atoms with Crippen LogP contribution in [0.5, 0.6) is 0 Å². The third kappa shape index (κ3) is 2.78. The summed E-state index contributed by atoms with van der Waals surface area (Å²) in [7, 11) is 0. The molecule has 2 nitrogen and oxygen atoms in total. The zero-order valence-corrected chi connectivity index (χ0v) is 12.4. The first-order valence-electron chi connectivity index (χ1n) is 6.35. The van der Waals surface area contributed by atoms with Crippen LogP contribution >= 0.6 is 23.8 Å². The SMILES string of the molecule is CC1CCC(C)N(c2cc(Cl)ccc2C(N)=S)C1. The van der Waals surface area contributed by atoms with E-state index in [1.54, 1.807) is 0 Å². The molecule has 18 heavy (non-hydrogen) atoms. The third-order valence-electron chi connectivity index (χ3n) is 3.65. The summed E-state index contributed by atoms with van der Waals surface area (Å²) in [5.74, 6) is 0.694. The number of thiocarbonyl (C=S) groups is 1. The molecule has 0 aromatic heterocycles. The van der Waals surface area contributed by atoms with Gasteiger partial charge in [-0.25, -0.2) is 0 Å². The minimum Gasteiger partial charge on any atom is -0.389 e. The fraction of sp³-hybridized carbons (Fsp3) is 0.500. The standard InChI is InChI=1S/C14H19ClN2S/c1-9-3-4-10(2)17(8-9)13-7-11(15)5-6-12(13)14(16)18/h5-7,9-10H,3-4,8H2,1-2H3,(H2,16,18). The smallest absolute Gasteiger partial charge is 0.106 e. The molecule has 1 fully saturated rings. The molecule has 2 atom stereocenters. The van der Waals surface area contributed by atoms with E-state index < -0.39 is 0 Å². The molecular formula is C14H19ClN2S. The number of anilines is 1. The maximum absolute atomic E-state index is 6.11. The zero-order valence-electron chi connectivity index (χ0n) is 10.8. The molecule has 98 valence electrons. The summed E-state index contributed by atoms with van der Waals surface area (Å²) in [5.41, 5.74) is 7.82. The molecule has 0 bridgehead atoms. The normalized spacial score (nSPS) is 24.1. The van der Waals surface area contributed by atoms with E-state index in [-0.39, 0.29) is 0 Å². The van der Waals surface area contributed by atoms with Gasteiger partial charge in [-0.2, -0.15) is 0 Å². The van der Waals surface area contributed by atoms with Crippen molar-refractivity contribution in [1.82, 2.24) is 0 Å². The van der Waals surface area contributed by atoms with Gasteiger partial charge >= 0.3 is 0 Å². The Morgan fingerprint density at radius 3 is 2.78 bits per heavy atom. The Balaban J connectivity index is 2.41. The van der Waals surface area contributed by atoms with Gasteiger partial charge in [0.25, 0.3) is 0 Å². The summed E-state index contributed by atoms with van der Waals surface area (Å²) in [6.07, 6.45) is 2.48. The first kappa shape index (κ1) is 13.6. The fourth-order valence-corrected chi connectivity index (χ4v) is 2.91. The number of nitrogens with zero attached hydrogens (tertiary/aromatic N) is 1. The van der Waals surface area contributed by atoms with Crippen LogP contribution in [0.1, 0.15) is 32.3 Å². The van der Waals surface area contributed by atoms with E-state index in [0.717, 1.165) is 22.8 Å². The van der Waals surface area contributed by atoms with Gasteiger partial charge in [-0.15, -0.1) is 0 Å². The van der Waals surface area contributed by atoms with E-state index in [0.29, 0.717) is 16.9 Å². The van der Waals surface area contributed by atoms with Crippen molar-refractivity contribution in [3.8, 4) is 0 Å². The summed E-state index contributed by atoms with van der Waals surface area (Å²) in [5, 5.41) is 0.732. The van der Waals surface area contributed by atoms with E-state index >= 15 is 0 Å². The van der Waals surface area contributed by atoms with Crippen LogP contribution in [0, 0.1) is 5.92 Å². The highest BCUT2D eigenvalue weighted by Crippen LogP contribution is 2.32. The molecule has 0 spiro atoms. The Hall–Kier alpha value is -0.800. The second-order valence-corrected chi connectivity index (χ2v) is 6.09. The quantitative estimate of drug-likeness (QED) is 0.841. The van der Waals surface area contributed by atoms with Crippen molar-refractivity contribution >= 4 is 34.5 Å². The highest BCUT2D eigenvalue weighted by atomic mass is 35.5. The lowest BCUT2D eigenvalue weighted by Gasteiger charge is -2.39. The second-order valence-electron chi connectivity index (χ2n) is 5.21. The first-order valence-corrected chi connectivity index (χ1v) is 7.13. The van der Waals surface area contributed by atoms with Crippen LogP contribution in [0.15, 0.2) is 18.2 Å². The summed E-state index contributed by atoms with van der Waals surface area (Å²) >= 11 is 11.3. The predicted octanol–water partition coefficient (Wildman–Crippen LogP) is 3.60. The Labute approximate surface area is 119 Å². The Morgan fingerprint density at radius 2 is 2.11 bits per heavy atom. The van der Waals surface area contributed by atoms with Crippen LogP contribution < -0.4 is 10.6 Å². The Morgan fingerprint density at radius 1 is 1.39 bits per heavy atom. The molecular weight excluding hydrogens is 264 g/mol. The molecule has 1 aliphatic rings. The lowest BCUT2D eigenvalue weighted by Crippen LogP contribution is -2.42. The molecule has 1 aromatic rings. The topological polar surface area (TPSA) is 29.3 Å². The molecule has 2 unspecified atom stereocenters. The lowest BCUT2D eigenvalue weighted by molar-refractivity contribution is 0.390. The summed E-state index contributed by atoms with van der Waals surface area (Å²) in [6.45, 7) is 5.57. The summed E-state index contributed by atoms with van der Waals surface area (Å²) < 4.78 is 0. The number of piperidine rings is 1. The van der Waals surface area contributed by atoms with Crippen LogP contribution in [0.4, 0.5) is 5.69 Å². The molecule has 1 aliphatic heterocycles. The van der Waals surface area contributed by atoms with E-state index in [1.807, 2.05) is 18.2 Å². The van der Waals surface area contributed by atoms with Crippen LogP contribution in [0.25, 0.3) is 0 Å². The van der Waals surface area contributed by atoms with Crippen LogP contribution in [0.2, 0.25) is 5.02 Å². The number of halogens is 1. The monoisotopic (exact) mass is 282 g/mol. The van der Waals surface area contributed by atoms with Crippen molar-refractivity contribution < 1.29 is 0 Å². The maximum Gasteiger partial charge on any atom is 0.106 e. The molecule has 0 aliphatic carbocycles. The average Bonchev–Trinajstić information content (AvgIpc) is 2.31. The van der Waals surface area contributed by atoms with Crippen molar-refractivity contribution in [2.24, 2.45) is 11.7 Å². The molecule has 1 aromatic carbocycles. The number of hydrogen-bond acceptors (Lipinski definition) is 2. The van der Waals surface area contributed by atoms with Gasteiger partial charge in [0.1, 0.15) is 4.99 Å². The molecule has 2 N–H and O–H groups in total. The molecule has 0 radical (unpaired) electrons. The van der Waals surface area contributed by atoms with Gasteiger partial charge in [-0.05, 0) is 43.9 Å². The zero-order chi connectivity index (χ0) is 13.3. The predicted molar refractivity (Wildman–Crippen MR) is 82.5 cm³/mol. The molecule has 1 saturated heterocycles. The Kier molecular flexibility index (Phi) is 4.13. The minimum absolute atomic E-state index is 0.437. The molecule has 1 heterocycles. The van der Waals surface area contributed by atoms with Crippen molar-refractivity contribution in [2.45, 2.75) is 32.7 Å². The second kappa shape index (κ2) is 5.45. The lowest BCUT2D eigenvalue weighted by atomic mass is 9.93. The van der Waals surface area contributed by atoms with Crippen molar-refractivity contribution in [3.05, 3.63) is 28.8 Å². The van der Waals surface area contributed by atoms with E-state index in [1.165, 1.54) is 12.8 Å². The van der Waals surface area contributed by atoms with E-state index in [9.17, 15) is 0 Å². The number of hydrogen-bond donors (Lipinski definition) is 1. The van der Waals surface area contributed by atoms with Gasteiger partial charge in [0.05, 0.1) is 0 Å². The van der Waals surface area contributed by atoms with Gasteiger partial charge in [0, 0.05) is 28.9 Å². The van der Waals surface area contributed by atoms with Crippen molar-refractivity contribution in [1.29, 1.82) is 0 Å². The van der Waals surface area contributed by atoms with Crippen molar-refractivity contribution in [2.75, 3.05) is 11.4 Å². The summed E-state index contributed by atoms with van der Waals surface area (Å²) in [6, 6.07) is 6.25. The third-order valence-corrected chi connectivity index (χ3v) is 4.11. The highest BCUT2D eigenvalue weighted by Gasteiger charge is 2.25. The van der Waals surface area contributed by atoms with Gasteiger partial charge in [-0.1, -0.05) is 30.7 Å². The van der Waals surface area contributed by atoms with Gasteiger partial charge in [0.2, 0.25) is 0 Å². The molecule has 0 saturated carbocycles.